The van der Waals surface area contributed by atoms with Crippen molar-refractivity contribution in [1.82, 2.24) is 24.7 Å². The number of hydrogen-bond acceptors (Lipinski definition) is 7. The van der Waals surface area contributed by atoms with E-state index in [1.807, 2.05) is 28.9 Å². The molecule has 8 nitrogen and oxygen atoms in total. The van der Waals surface area contributed by atoms with Gasteiger partial charge in [0, 0.05) is 36.8 Å². The molecular weight excluding hydrogens is 449 g/mol. The quantitative estimate of drug-likeness (QED) is 0.488. The number of halogens is 2. The molecule has 0 spiro atoms. The van der Waals surface area contributed by atoms with E-state index in [1.54, 1.807) is 6.07 Å². The van der Waals surface area contributed by atoms with Crippen LogP contribution in [0.2, 0.25) is 10.2 Å². The zero-order valence-electron chi connectivity index (χ0n) is 17.8. The third-order valence-corrected chi connectivity index (χ3v) is 6.59. The Kier molecular flexibility index (Phi) is 6.06. The van der Waals surface area contributed by atoms with Crippen LogP contribution < -0.4 is 15.0 Å². The van der Waals surface area contributed by atoms with Gasteiger partial charge < -0.3 is 15.0 Å². The molecular formula is C22H25Cl2N7O. The summed E-state index contributed by atoms with van der Waals surface area (Å²) in [6.07, 6.45) is 4.79. The van der Waals surface area contributed by atoms with E-state index in [1.165, 1.54) is 19.2 Å². The van der Waals surface area contributed by atoms with Crippen LogP contribution in [0.3, 0.4) is 0 Å². The Morgan fingerprint density at radius 3 is 2.66 bits per heavy atom. The molecule has 3 atom stereocenters. The van der Waals surface area contributed by atoms with Crippen molar-refractivity contribution < 1.29 is 4.74 Å². The second-order valence-corrected chi connectivity index (χ2v) is 9.20. The number of hydrogen-bond donors (Lipinski definition) is 1. The molecule has 2 aliphatic rings. The second-order valence-electron chi connectivity index (χ2n) is 8.37. The fourth-order valence-corrected chi connectivity index (χ4v) is 5.07. The summed E-state index contributed by atoms with van der Waals surface area (Å²) in [6, 6.07) is 9.93. The van der Waals surface area contributed by atoms with Gasteiger partial charge in [-0.1, -0.05) is 36.2 Å². The van der Waals surface area contributed by atoms with Gasteiger partial charge in [-0.3, -0.25) is 0 Å². The SMILES string of the molecule is CCCn1nc(N[C@@H]2[C@@H]3CC[C@H]2CN(c2cc(Cl)ncn2)C3)nc1Oc1cccc(Cl)c1. The number of aromatic nitrogens is 5. The number of anilines is 2. The molecule has 2 aromatic heterocycles. The summed E-state index contributed by atoms with van der Waals surface area (Å²) in [7, 11) is 0. The van der Waals surface area contributed by atoms with Crippen LogP contribution in [0.4, 0.5) is 11.8 Å². The molecule has 1 saturated carbocycles. The van der Waals surface area contributed by atoms with Crippen molar-refractivity contribution in [3.05, 3.63) is 46.8 Å². The molecule has 0 amide bonds. The monoisotopic (exact) mass is 473 g/mol. The summed E-state index contributed by atoms with van der Waals surface area (Å²) >= 11 is 12.2. The van der Waals surface area contributed by atoms with E-state index in [0.29, 0.717) is 45.8 Å². The summed E-state index contributed by atoms with van der Waals surface area (Å²) in [5.74, 6) is 3.11. The maximum Gasteiger partial charge on any atom is 0.322 e. The lowest BCUT2D eigenvalue weighted by atomic mass is 9.92. The fourth-order valence-electron chi connectivity index (χ4n) is 4.75. The number of aryl methyl sites for hydroxylation is 1. The minimum Gasteiger partial charge on any atom is -0.424 e. The lowest BCUT2D eigenvalue weighted by Crippen LogP contribution is -2.48. The van der Waals surface area contributed by atoms with Crippen molar-refractivity contribution >= 4 is 35.0 Å². The lowest BCUT2D eigenvalue weighted by molar-refractivity contribution is 0.374. The molecule has 1 saturated heterocycles. The van der Waals surface area contributed by atoms with Crippen molar-refractivity contribution in [2.75, 3.05) is 23.3 Å². The lowest BCUT2D eigenvalue weighted by Gasteiger charge is -2.38. The Bertz CT molecular complexity index is 1080. The summed E-state index contributed by atoms with van der Waals surface area (Å²) in [4.78, 5) is 15.4. The largest absolute Gasteiger partial charge is 0.424 e. The highest BCUT2D eigenvalue weighted by atomic mass is 35.5. The number of fused-ring (bicyclic) bond motifs is 2. The average molecular weight is 474 g/mol. The predicted octanol–water partition coefficient (Wildman–Crippen LogP) is 4.90. The normalized spacial score (nSPS) is 22.2. The summed E-state index contributed by atoms with van der Waals surface area (Å²) < 4.78 is 7.81. The fraction of sp³-hybridized carbons (Fsp3) is 0.455. The number of piperidine rings is 1. The van der Waals surface area contributed by atoms with Gasteiger partial charge in [-0.05, 0) is 49.3 Å². The van der Waals surface area contributed by atoms with Crippen LogP contribution >= 0.6 is 23.2 Å². The van der Waals surface area contributed by atoms with Crippen LogP contribution in [0.25, 0.3) is 0 Å². The average Bonchev–Trinajstić information content (AvgIpc) is 3.23. The summed E-state index contributed by atoms with van der Waals surface area (Å²) in [5.41, 5.74) is 0. The van der Waals surface area contributed by atoms with Gasteiger partial charge in [0.15, 0.2) is 0 Å². The highest BCUT2D eigenvalue weighted by Crippen LogP contribution is 2.40. The van der Waals surface area contributed by atoms with Gasteiger partial charge in [0.05, 0.1) is 0 Å². The smallest absolute Gasteiger partial charge is 0.322 e. The molecule has 3 heterocycles. The van der Waals surface area contributed by atoms with Gasteiger partial charge in [-0.25, -0.2) is 14.6 Å². The topological polar surface area (TPSA) is 81.0 Å². The van der Waals surface area contributed by atoms with E-state index >= 15 is 0 Å². The molecule has 3 aromatic rings. The number of ether oxygens (including phenoxy) is 1. The van der Waals surface area contributed by atoms with Crippen molar-refractivity contribution in [3.63, 3.8) is 0 Å². The molecule has 0 unspecified atom stereocenters. The molecule has 1 aromatic carbocycles. The van der Waals surface area contributed by atoms with Crippen molar-refractivity contribution in [2.24, 2.45) is 11.8 Å². The Hall–Kier alpha value is -2.58. The van der Waals surface area contributed by atoms with Gasteiger partial charge >= 0.3 is 6.01 Å². The minimum atomic E-state index is 0.319. The number of nitrogens with zero attached hydrogens (tertiary/aromatic N) is 6. The molecule has 10 heteroatoms. The van der Waals surface area contributed by atoms with E-state index in [9.17, 15) is 0 Å². The van der Waals surface area contributed by atoms with Crippen LogP contribution in [0.5, 0.6) is 11.8 Å². The second kappa shape index (κ2) is 9.11. The highest BCUT2D eigenvalue weighted by molar-refractivity contribution is 6.30. The number of nitrogens with one attached hydrogen (secondary N) is 1. The minimum absolute atomic E-state index is 0.319. The Morgan fingerprint density at radius 1 is 1.12 bits per heavy atom. The molecule has 168 valence electrons. The molecule has 2 bridgehead atoms. The zero-order chi connectivity index (χ0) is 22.1. The standard InChI is InChI=1S/C22H25Cl2N7O/c1-2-8-31-22(32-17-5-3-4-16(23)9-17)28-21(29-31)27-20-14-6-7-15(20)12-30(11-14)19-10-18(24)25-13-26-19/h3-5,9-10,13-15,20H,2,6-8,11-12H2,1H3,(H,27,29)/t14-,15+,20-. The Labute approximate surface area is 196 Å². The van der Waals surface area contributed by atoms with E-state index in [4.69, 9.17) is 27.9 Å². The predicted molar refractivity (Wildman–Crippen MR) is 125 cm³/mol. The van der Waals surface area contributed by atoms with E-state index in [-0.39, 0.29) is 0 Å². The third-order valence-electron chi connectivity index (χ3n) is 6.15. The van der Waals surface area contributed by atoms with Crippen molar-refractivity contribution in [3.8, 4) is 11.8 Å². The molecule has 1 aliphatic carbocycles. The third kappa shape index (κ3) is 4.47. The number of rotatable bonds is 7. The molecule has 1 aliphatic heterocycles. The first-order chi connectivity index (χ1) is 15.6. The summed E-state index contributed by atoms with van der Waals surface area (Å²) in [5, 5.41) is 9.38. The van der Waals surface area contributed by atoms with Crippen LogP contribution in [0.1, 0.15) is 26.2 Å². The summed E-state index contributed by atoms with van der Waals surface area (Å²) in [6.45, 7) is 4.67. The molecule has 2 fully saturated rings. The van der Waals surface area contributed by atoms with Crippen LogP contribution in [0, 0.1) is 11.8 Å². The maximum absolute atomic E-state index is 6.10. The van der Waals surface area contributed by atoms with E-state index in [0.717, 1.165) is 31.9 Å². The van der Waals surface area contributed by atoms with Gasteiger partial charge in [0.1, 0.15) is 23.0 Å². The van der Waals surface area contributed by atoms with Gasteiger partial charge in [0.2, 0.25) is 5.95 Å². The maximum atomic E-state index is 6.10. The Morgan fingerprint density at radius 2 is 1.94 bits per heavy atom. The van der Waals surface area contributed by atoms with Gasteiger partial charge in [-0.15, -0.1) is 5.10 Å². The zero-order valence-corrected chi connectivity index (χ0v) is 19.3. The van der Waals surface area contributed by atoms with Crippen molar-refractivity contribution in [1.29, 1.82) is 0 Å². The van der Waals surface area contributed by atoms with Crippen LogP contribution in [-0.2, 0) is 6.54 Å². The first-order valence-corrected chi connectivity index (χ1v) is 11.7. The van der Waals surface area contributed by atoms with Crippen LogP contribution in [0.15, 0.2) is 36.7 Å². The molecule has 0 radical (unpaired) electrons. The van der Waals surface area contributed by atoms with Crippen molar-refractivity contribution in [2.45, 2.75) is 38.8 Å². The first-order valence-electron chi connectivity index (χ1n) is 11.0. The van der Waals surface area contributed by atoms with E-state index < -0.39 is 0 Å². The molecule has 1 N–H and O–H groups in total. The highest BCUT2D eigenvalue weighted by Gasteiger charge is 2.43. The molecule has 32 heavy (non-hydrogen) atoms. The van der Waals surface area contributed by atoms with Crippen LogP contribution in [-0.4, -0.2) is 43.9 Å². The van der Waals surface area contributed by atoms with E-state index in [2.05, 4.69) is 37.2 Å². The number of benzene rings is 1. The Balaban J connectivity index is 1.31. The van der Waals surface area contributed by atoms with Gasteiger partial charge in [0.25, 0.3) is 0 Å². The van der Waals surface area contributed by atoms with Gasteiger partial charge in [-0.2, -0.15) is 4.98 Å². The molecule has 5 rings (SSSR count). The first kappa shape index (κ1) is 21.3.